The van der Waals surface area contributed by atoms with E-state index in [2.05, 4.69) is 29.1 Å². The molecule has 1 aliphatic rings. The molecule has 92 valence electrons. The summed E-state index contributed by atoms with van der Waals surface area (Å²) in [5.74, 6) is 0.680. The highest BCUT2D eigenvalue weighted by Crippen LogP contribution is 2.24. The van der Waals surface area contributed by atoms with Gasteiger partial charge in [0.2, 0.25) is 0 Å². The van der Waals surface area contributed by atoms with Gasteiger partial charge in [-0.25, -0.2) is 4.98 Å². The number of aromatic nitrogens is 1. The Kier molecular flexibility index (Phi) is 5.18. The lowest BCUT2D eigenvalue weighted by Crippen LogP contribution is -2.27. The van der Waals surface area contributed by atoms with Crippen LogP contribution in [0.4, 0.5) is 0 Å². The largest absolute Gasteiger partial charge is 0.330 e. The molecule has 3 nitrogen and oxygen atoms in total. The Morgan fingerprint density at radius 2 is 2.38 bits per heavy atom. The van der Waals surface area contributed by atoms with Crippen molar-refractivity contribution < 1.29 is 0 Å². The lowest BCUT2D eigenvalue weighted by Gasteiger charge is -2.19. The first kappa shape index (κ1) is 13.9. The number of nitrogens with zero attached hydrogens (tertiary/aromatic N) is 2. The summed E-state index contributed by atoms with van der Waals surface area (Å²) in [7, 11) is 0. The minimum atomic E-state index is 0. The van der Waals surface area contributed by atoms with Gasteiger partial charge in [0.25, 0.3) is 0 Å². The molecule has 1 saturated heterocycles. The second-order valence-electron chi connectivity index (χ2n) is 4.47. The van der Waals surface area contributed by atoms with Crippen molar-refractivity contribution >= 4 is 23.7 Å². The number of hydrogen-bond acceptors (Lipinski definition) is 4. The lowest BCUT2D eigenvalue weighted by atomic mass is 10.1. The molecule has 1 aromatic rings. The maximum Gasteiger partial charge on any atom is 0.0897 e. The van der Waals surface area contributed by atoms with Crippen LogP contribution < -0.4 is 5.73 Å². The number of aryl methyl sites for hydroxylation is 1. The molecule has 0 saturated carbocycles. The predicted molar refractivity (Wildman–Crippen MR) is 71.1 cm³/mol. The van der Waals surface area contributed by atoms with Crippen molar-refractivity contribution in [3.05, 3.63) is 16.1 Å². The minimum Gasteiger partial charge on any atom is -0.330 e. The van der Waals surface area contributed by atoms with Crippen molar-refractivity contribution in [2.45, 2.75) is 32.9 Å². The van der Waals surface area contributed by atoms with E-state index in [1.165, 1.54) is 12.1 Å². The Morgan fingerprint density at radius 3 is 2.88 bits per heavy atom. The Balaban J connectivity index is 0.00000128. The average Bonchev–Trinajstić information content (AvgIpc) is 2.75. The summed E-state index contributed by atoms with van der Waals surface area (Å²) in [4.78, 5) is 7.00. The van der Waals surface area contributed by atoms with Crippen LogP contribution in [-0.2, 0) is 6.54 Å². The predicted octanol–water partition coefficient (Wildman–Crippen LogP) is 2.04. The number of likely N-dealkylation sites (tertiary alicyclic amines) is 1. The number of rotatable bonds is 3. The van der Waals surface area contributed by atoms with E-state index in [-0.39, 0.29) is 12.4 Å². The highest BCUT2D eigenvalue weighted by atomic mass is 35.5. The molecular formula is C11H20ClN3S. The maximum atomic E-state index is 5.72. The molecule has 0 amide bonds. The fraction of sp³-hybridized carbons (Fsp3) is 0.727. The molecule has 1 aliphatic heterocycles. The van der Waals surface area contributed by atoms with Crippen LogP contribution in [-0.4, -0.2) is 29.0 Å². The maximum absolute atomic E-state index is 5.72. The molecule has 5 heteroatoms. The Hall–Kier alpha value is -0.160. The zero-order valence-corrected chi connectivity index (χ0v) is 11.5. The molecule has 1 aromatic heterocycles. The summed E-state index contributed by atoms with van der Waals surface area (Å²) >= 11 is 1.73. The van der Waals surface area contributed by atoms with E-state index in [9.17, 15) is 0 Å². The van der Waals surface area contributed by atoms with Gasteiger partial charge in [-0.1, -0.05) is 0 Å². The number of halogens is 1. The Morgan fingerprint density at radius 1 is 1.62 bits per heavy atom. The summed E-state index contributed by atoms with van der Waals surface area (Å²) in [5.41, 5.74) is 6.93. The monoisotopic (exact) mass is 261 g/mol. The molecule has 2 unspecified atom stereocenters. The Labute approximate surface area is 107 Å². The van der Waals surface area contributed by atoms with E-state index in [0.29, 0.717) is 12.0 Å². The van der Waals surface area contributed by atoms with Crippen LogP contribution >= 0.6 is 23.7 Å². The first-order valence-electron chi connectivity index (χ1n) is 5.54. The van der Waals surface area contributed by atoms with Gasteiger partial charge >= 0.3 is 0 Å². The normalized spacial score (nSPS) is 25.7. The SMILES string of the molecule is Cc1nc(CN2CC(CN)CC2C)cs1.Cl. The molecule has 1 fully saturated rings. The quantitative estimate of drug-likeness (QED) is 0.906. The lowest BCUT2D eigenvalue weighted by molar-refractivity contribution is 0.253. The summed E-state index contributed by atoms with van der Waals surface area (Å²) in [6, 6.07) is 0.653. The zero-order chi connectivity index (χ0) is 10.8. The highest BCUT2D eigenvalue weighted by Gasteiger charge is 2.28. The third-order valence-electron chi connectivity index (χ3n) is 3.16. The third-order valence-corrected chi connectivity index (χ3v) is 3.98. The average molecular weight is 262 g/mol. The van der Waals surface area contributed by atoms with Crippen molar-refractivity contribution in [1.29, 1.82) is 0 Å². The van der Waals surface area contributed by atoms with Gasteiger partial charge in [-0.05, 0) is 32.7 Å². The van der Waals surface area contributed by atoms with Crippen molar-refractivity contribution in [2.75, 3.05) is 13.1 Å². The molecule has 0 aliphatic carbocycles. The molecule has 2 heterocycles. The van der Waals surface area contributed by atoms with Crippen LogP contribution in [0.2, 0.25) is 0 Å². The zero-order valence-electron chi connectivity index (χ0n) is 9.85. The number of nitrogens with two attached hydrogens (primary N) is 1. The van der Waals surface area contributed by atoms with Gasteiger partial charge in [0, 0.05) is 24.5 Å². The second kappa shape index (κ2) is 5.96. The van der Waals surface area contributed by atoms with Crippen LogP contribution in [0.25, 0.3) is 0 Å². The first-order valence-corrected chi connectivity index (χ1v) is 6.42. The first-order chi connectivity index (χ1) is 7.19. The fourth-order valence-electron chi connectivity index (χ4n) is 2.30. The third kappa shape index (κ3) is 3.17. The molecule has 0 bridgehead atoms. The molecule has 0 radical (unpaired) electrons. The standard InChI is InChI=1S/C11H19N3S.ClH/c1-8-3-10(4-12)5-14(8)6-11-7-15-9(2)13-11;/h7-8,10H,3-6,12H2,1-2H3;1H. The van der Waals surface area contributed by atoms with E-state index in [0.717, 1.165) is 24.6 Å². The van der Waals surface area contributed by atoms with Crippen molar-refractivity contribution in [3.8, 4) is 0 Å². The van der Waals surface area contributed by atoms with Crippen LogP contribution in [0, 0.1) is 12.8 Å². The van der Waals surface area contributed by atoms with E-state index in [4.69, 9.17) is 5.73 Å². The summed E-state index contributed by atoms with van der Waals surface area (Å²) in [5, 5.41) is 3.32. The summed E-state index contributed by atoms with van der Waals surface area (Å²) in [6.45, 7) is 7.28. The van der Waals surface area contributed by atoms with Crippen molar-refractivity contribution in [1.82, 2.24) is 9.88 Å². The van der Waals surface area contributed by atoms with Crippen LogP contribution in [0.5, 0.6) is 0 Å². The van der Waals surface area contributed by atoms with Crippen LogP contribution in [0.15, 0.2) is 5.38 Å². The molecule has 2 atom stereocenters. The van der Waals surface area contributed by atoms with Gasteiger partial charge in [-0.15, -0.1) is 23.7 Å². The molecule has 2 N–H and O–H groups in total. The van der Waals surface area contributed by atoms with Crippen LogP contribution in [0.1, 0.15) is 24.0 Å². The van der Waals surface area contributed by atoms with Crippen molar-refractivity contribution in [3.63, 3.8) is 0 Å². The highest BCUT2D eigenvalue weighted by molar-refractivity contribution is 7.09. The van der Waals surface area contributed by atoms with E-state index < -0.39 is 0 Å². The fourth-order valence-corrected chi connectivity index (χ4v) is 2.90. The van der Waals surface area contributed by atoms with Gasteiger partial charge < -0.3 is 5.73 Å². The van der Waals surface area contributed by atoms with Crippen molar-refractivity contribution in [2.24, 2.45) is 11.7 Å². The smallest absolute Gasteiger partial charge is 0.0897 e. The van der Waals surface area contributed by atoms with E-state index in [1.54, 1.807) is 11.3 Å². The molecule has 0 aromatic carbocycles. The Bertz CT molecular complexity index is 329. The number of thiazole rings is 1. The van der Waals surface area contributed by atoms with Gasteiger partial charge in [-0.3, -0.25) is 4.90 Å². The minimum absolute atomic E-state index is 0. The van der Waals surface area contributed by atoms with Gasteiger partial charge in [0.1, 0.15) is 0 Å². The molecular weight excluding hydrogens is 242 g/mol. The topological polar surface area (TPSA) is 42.2 Å². The molecule has 0 spiro atoms. The van der Waals surface area contributed by atoms with E-state index in [1.807, 2.05) is 0 Å². The molecule has 16 heavy (non-hydrogen) atoms. The number of hydrogen-bond donors (Lipinski definition) is 1. The van der Waals surface area contributed by atoms with Gasteiger partial charge in [0.15, 0.2) is 0 Å². The summed E-state index contributed by atoms with van der Waals surface area (Å²) < 4.78 is 0. The van der Waals surface area contributed by atoms with Gasteiger partial charge in [-0.2, -0.15) is 0 Å². The van der Waals surface area contributed by atoms with Crippen LogP contribution in [0.3, 0.4) is 0 Å². The summed E-state index contributed by atoms with van der Waals surface area (Å²) in [6.07, 6.45) is 1.24. The van der Waals surface area contributed by atoms with Gasteiger partial charge in [0.05, 0.1) is 10.7 Å². The van der Waals surface area contributed by atoms with E-state index >= 15 is 0 Å². The second-order valence-corrected chi connectivity index (χ2v) is 5.54. The molecule has 2 rings (SSSR count).